The smallest absolute Gasteiger partial charge is 0.261 e. The Morgan fingerprint density at radius 3 is 2.41 bits per heavy atom. The highest BCUT2D eigenvalue weighted by Gasteiger charge is 2.22. The average Bonchev–Trinajstić information content (AvgIpc) is 3.00. The van der Waals surface area contributed by atoms with E-state index in [1.54, 1.807) is 36.3 Å². The Hall–Kier alpha value is -2.50. The lowest BCUT2D eigenvalue weighted by Crippen LogP contribution is -2.28. The van der Waals surface area contributed by atoms with Gasteiger partial charge in [0.1, 0.15) is 17.1 Å². The van der Waals surface area contributed by atoms with E-state index in [1.807, 2.05) is 17.7 Å². The largest absolute Gasteiger partial charge is 0.496 e. The van der Waals surface area contributed by atoms with E-state index < -0.39 is 0 Å². The molecule has 0 unspecified atom stereocenters. The van der Waals surface area contributed by atoms with Gasteiger partial charge in [0.05, 0.1) is 26.5 Å². The molecular weight excluding hydrogens is 282 g/mol. The van der Waals surface area contributed by atoms with E-state index in [1.165, 1.54) is 14.2 Å². The van der Waals surface area contributed by atoms with Crippen LogP contribution >= 0.6 is 0 Å². The minimum Gasteiger partial charge on any atom is -0.496 e. The number of ether oxygens (including phenoxy) is 2. The van der Waals surface area contributed by atoms with Gasteiger partial charge in [-0.3, -0.25) is 9.48 Å². The van der Waals surface area contributed by atoms with E-state index in [0.717, 1.165) is 12.2 Å². The SMILES string of the molecule is CCn1nccc1CN(C)C(=O)c1c(OC)cccc1OC. The van der Waals surface area contributed by atoms with Crippen molar-refractivity contribution in [2.75, 3.05) is 21.3 Å². The van der Waals surface area contributed by atoms with Crippen molar-refractivity contribution in [1.29, 1.82) is 0 Å². The molecule has 0 aliphatic heterocycles. The summed E-state index contributed by atoms with van der Waals surface area (Å²) < 4.78 is 12.5. The Kier molecular flexibility index (Phi) is 5.04. The minimum absolute atomic E-state index is 0.154. The van der Waals surface area contributed by atoms with Crippen LogP contribution in [0.4, 0.5) is 0 Å². The number of hydrogen-bond donors (Lipinski definition) is 0. The number of carbonyl (C=O) groups is 1. The maximum atomic E-state index is 12.8. The van der Waals surface area contributed by atoms with E-state index in [2.05, 4.69) is 5.10 Å². The van der Waals surface area contributed by atoms with E-state index in [0.29, 0.717) is 23.6 Å². The average molecular weight is 303 g/mol. The molecule has 22 heavy (non-hydrogen) atoms. The lowest BCUT2D eigenvalue weighted by molar-refractivity contribution is 0.0774. The Morgan fingerprint density at radius 2 is 1.86 bits per heavy atom. The molecule has 0 N–H and O–H groups in total. The third-order valence-electron chi connectivity index (χ3n) is 3.49. The fourth-order valence-corrected chi connectivity index (χ4v) is 2.35. The molecule has 1 heterocycles. The van der Waals surface area contributed by atoms with Crippen molar-refractivity contribution in [3.05, 3.63) is 41.7 Å². The van der Waals surface area contributed by atoms with Crippen LogP contribution in [0.2, 0.25) is 0 Å². The number of amides is 1. The van der Waals surface area contributed by atoms with Crippen LogP contribution in [0.25, 0.3) is 0 Å². The highest BCUT2D eigenvalue weighted by molar-refractivity contribution is 5.99. The summed E-state index contributed by atoms with van der Waals surface area (Å²) in [6.45, 7) is 3.25. The molecule has 0 bridgehead atoms. The van der Waals surface area contributed by atoms with Crippen molar-refractivity contribution >= 4 is 5.91 Å². The highest BCUT2D eigenvalue weighted by atomic mass is 16.5. The van der Waals surface area contributed by atoms with Gasteiger partial charge in [-0.2, -0.15) is 5.10 Å². The summed E-state index contributed by atoms with van der Waals surface area (Å²) in [5, 5.41) is 4.22. The van der Waals surface area contributed by atoms with Crippen LogP contribution in [0.15, 0.2) is 30.5 Å². The summed E-state index contributed by atoms with van der Waals surface area (Å²) in [5.74, 6) is 0.846. The second-order valence-corrected chi connectivity index (χ2v) is 4.84. The highest BCUT2D eigenvalue weighted by Crippen LogP contribution is 2.29. The molecule has 1 aromatic carbocycles. The summed E-state index contributed by atoms with van der Waals surface area (Å²) in [6.07, 6.45) is 1.74. The molecule has 6 heteroatoms. The number of aryl methyl sites for hydroxylation is 1. The number of carbonyl (C=O) groups excluding carboxylic acids is 1. The summed E-state index contributed by atoms with van der Waals surface area (Å²) >= 11 is 0. The summed E-state index contributed by atoms with van der Waals surface area (Å²) in [5.41, 5.74) is 1.41. The standard InChI is InChI=1S/C16H21N3O3/c1-5-19-12(9-10-17-19)11-18(2)16(20)15-13(21-3)7-6-8-14(15)22-4/h6-10H,5,11H2,1-4H3. The fraction of sp³-hybridized carbons (Fsp3) is 0.375. The minimum atomic E-state index is -0.154. The molecule has 0 atom stereocenters. The fourth-order valence-electron chi connectivity index (χ4n) is 2.35. The lowest BCUT2D eigenvalue weighted by Gasteiger charge is -2.20. The predicted molar refractivity (Wildman–Crippen MR) is 83.2 cm³/mol. The summed E-state index contributed by atoms with van der Waals surface area (Å²) in [4.78, 5) is 14.4. The molecule has 0 aliphatic carbocycles. The molecular formula is C16H21N3O3. The van der Waals surface area contributed by atoms with Crippen molar-refractivity contribution in [3.8, 4) is 11.5 Å². The summed E-state index contributed by atoms with van der Waals surface area (Å²) in [6, 6.07) is 7.20. The number of hydrogen-bond acceptors (Lipinski definition) is 4. The normalized spacial score (nSPS) is 10.4. The van der Waals surface area contributed by atoms with Crippen molar-refractivity contribution in [3.63, 3.8) is 0 Å². The van der Waals surface area contributed by atoms with Gasteiger partial charge in [-0.05, 0) is 25.1 Å². The topological polar surface area (TPSA) is 56.6 Å². The number of nitrogens with zero attached hydrogens (tertiary/aromatic N) is 3. The van der Waals surface area contributed by atoms with E-state index in [-0.39, 0.29) is 5.91 Å². The maximum Gasteiger partial charge on any atom is 0.261 e. The first-order valence-electron chi connectivity index (χ1n) is 7.09. The van der Waals surface area contributed by atoms with Gasteiger partial charge >= 0.3 is 0 Å². The molecule has 2 aromatic rings. The molecule has 2 rings (SSSR count). The van der Waals surface area contributed by atoms with Crippen LogP contribution in [0.5, 0.6) is 11.5 Å². The lowest BCUT2D eigenvalue weighted by atomic mass is 10.1. The Morgan fingerprint density at radius 1 is 1.23 bits per heavy atom. The second kappa shape index (κ2) is 6.98. The number of benzene rings is 1. The van der Waals surface area contributed by atoms with Gasteiger partial charge in [-0.15, -0.1) is 0 Å². The maximum absolute atomic E-state index is 12.8. The van der Waals surface area contributed by atoms with Gasteiger partial charge < -0.3 is 14.4 Å². The van der Waals surface area contributed by atoms with Crippen LogP contribution in [0.1, 0.15) is 23.0 Å². The molecule has 118 valence electrons. The van der Waals surface area contributed by atoms with Gasteiger partial charge in [-0.1, -0.05) is 6.07 Å². The Labute approximate surface area is 130 Å². The molecule has 1 aromatic heterocycles. The molecule has 0 spiro atoms. The molecule has 0 aliphatic rings. The van der Waals surface area contributed by atoms with Crippen molar-refractivity contribution in [2.24, 2.45) is 0 Å². The number of rotatable bonds is 6. The second-order valence-electron chi connectivity index (χ2n) is 4.84. The van der Waals surface area contributed by atoms with Gasteiger partial charge in [0.2, 0.25) is 0 Å². The third kappa shape index (κ3) is 3.05. The van der Waals surface area contributed by atoms with Crippen LogP contribution < -0.4 is 9.47 Å². The first-order chi connectivity index (χ1) is 10.6. The van der Waals surface area contributed by atoms with E-state index in [9.17, 15) is 4.79 Å². The third-order valence-corrected chi connectivity index (χ3v) is 3.49. The molecule has 1 amide bonds. The molecule has 0 saturated carbocycles. The van der Waals surface area contributed by atoms with Gasteiger partial charge in [0.25, 0.3) is 5.91 Å². The van der Waals surface area contributed by atoms with E-state index in [4.69, 9.17) is 9.47 Å². The molecule has 0 radical (unpaired) electrons. The van der Waals surface area contributed by atoms with E-state index >= 15 is 0 Å². The zero-order valence-corrected chi connectivity index (χ0v) is 13.4. The Bertz CT molecular complexity index is 630. The number of methoxy groups -OCH3 is 2. The summed E-state index contributed by atoms with van der Waals surface area (Å²) in [7, 11) is 4.83. The van der Waals surface area contributed by atoms with Crippen LogP contribution in [-0.2, 0) is 13.1 Å². The predicted octanol–water partition coefficient (Wildman–Crippen LogP) is 2.19. The first-order valence-corrected chi connectivity index (χ1v) is 7.09. The van der Waals surface area contributed by atoms with Crippen molar-refractivity contribution < 1.29 is 14.3 Å². The van der Waals surface area contributed by atoms with Gasteiger partial charge in [0.15, 0.2) is 0 Å². The van der Waals surface area contributed by atoms with Crippen molar-refractivity contribution in [2.45, 2.75) is 20.0 Å². The molecule has 0 fully saturated rings. The zero-order chi connectivity index (χ0) is 16.1. The van der Waals surface area contributed by atoms with Crippen LogP contribution in [0, 0.1) is 0 Å². The molecule has 6 nitrogen and oxygen atoms in total. The first kappa shape index (κ1) is 15.9. The van der Waals surface area contributed by atoms with Gasteiger partial charge in [-0.25, -0.2) is 0 Å². The van der Waals surface area contributed by atoms with Crippen molar-refractivity contribution in [1.82, 2.24) is 14.7 Å². The molecule has 0 saturated heterocycles. The van der Waals surface area contributed by atoms with Crippen LogP contribution in [0.3, 0.4) is 0 Å². The van der Waals surface area contributed by atoms with Crippen LogP contribution in [-0.4, -0.2) is 41.9 Å². The van der Waals surface area contributed by atoms with Gasteiger partial charge in [0, 0.05) is 19.8 Å². The Balaban J connectivity index is 2.28. The quantitative estimate of drug-likeness (QED) is 0.821. The zero-order valence-electron chi connectivity index (χ0n) is 13.4. The number of aromatic nitrogens is 2. The monoisotopic (exact) mass is 303 g/mol.